The van der Waals surface area contributed by atoms with E-state index in [-0.39, 0.29) is 17.7 Å². The Bertz CT molecular complexity index is 851. The van der Waals surface area contributed by atoms with E-state index in [2.05, 4.69) is 0 Å². The molecular formula is C19H21F3O2S. The van der Waals surface area contributed by atoms with E-state index in [1.54, 1.807) is 45.0 Å². The molecule has 0 aliphatic heterocycles. The summed E-state index contributed by atoms with van der Waals surface area (Å²) in [5.74, 6) is -3.87. The molecule has 0 aliphatic rings. The molecule has 0 saturated heterocycles. The van der Waals surface area contributed by atoms with Gasteiger partial charge >= 0.3 is 0 Å². The second-order valence-corrected chi connectivity index (χ2v) is 9.77. The van der Waals surface area contributed by atoms with E-state index in [9.17, 15) is 21.6 Å². The van der Waals surface area contributed by atoms with Crippen molar-refractivity contribution < 1.29 is 21.6 Å². The number of sulfone groups is 1. The van der Waals surface area contributed by atoms with Crippen LogP contribution in [0.1, 0.15) is 37.5 Å². The smallest absolute Gasteiger partial charge is 0.194 e. The molecule has 0 radical (unpaired) electrons. The fourth-order valence-electron chi connectivity index (χ4n) is 2.28. The lowest BCUT2D eigenvalue weighted by Gasteiger charge is -2.19. The van der Waals surface area contributed by atoms with Gasteiger partial charge in [0.15, 0.2) is 27.3 Å². The van der Waals surface area contributed by atoms with Gasteiger partial charge in [-0.25, -0.2) is 21.6 Å². The first-order valence-electron chi connectivity index (χ1n) is 7.94. The Morgan fingerprint density at radius 2 is 1.36 bits per heavy atom. The molecule has 0 aliphatic carbocycles. The Balaban J connectivity index is 2.05. The van der Waals surface area contributed by atoms with E-state index in [4.69, 9.17) is 0 Å². The van der Waals surface area contributed by atoms with Crippen LogP contribution in [-0.2, 0) is 28.4 Å². The Kier molecular flexibility index (Phi) is 5.62. The van der Waals surface area contributed by atoms with Crippen molar-refractivity contribution in [2.75, 3.05) is 0 Å². The summed E-state index contributed by atoms with van der Waals surface area (Å²) in [5.41, 5.74) is 1.65. The van der Waals surface area contributed by atoms with Crippen LogP contribution in [0.15, 0.2) is 36.4 Å². The van der Waals surface area contributed by atoms with E-state index in [0.29, 0.717) is 12.0 Å². The van der Waals surface area contributed by atoms with Gasteiger partial charge in [-0.1, -0.05) is 30.3 Å². The molecule has 6 heteroatoms. The molecule has 0 unspecified atom stereocenters. The number of rotatable bonds is 5. The zero-order valence-electron chi connectivity index (χ0n) is 14.4. The van der Waals surface area contributed by atoms with Gasteiger partial charge in [-0.05, 0) is 56.4 Å². The fraction of sp³-hybridized carbons (Fsp3) is 0.368. The molecule has 0 aromatic heterocycles. The fourth-order valence-corrected chi connectivity index (χ4v) is 3.34. The monoisotopic (exact) mass is 370 g/mol. The van der Waals surface area contributed by atoms with Crippen molar-refractivity contribution in [3.63, 3.8) is 0 Å². The molecule has 0 amide bonds. The molecule has 25 heavy (non-hydrogen) atoms. The van der Waals surface area contributed by atoms with E-state index in [1.165, 1.54) is 6.07 Å². The lowest BCUT2D eigenvalue weighted by Crippen LogP contribution is -2.29. The second kappa shape index (κ2) is 7.20. The summed E-state index contributed by atoms with van der Waals surface area (Å²) in [6, 6.07) is 9.13. The van der Waals surface area contributed by atoms with Crippen molar-refractivity contribution in [2.45, 2.75) is 44.1 Å². The third-order valence-electron chi connectivity index (χ3n) is 4.11. The number of halogens is 3. The van der Waals surface area contributed by atoms with Crippen molar-refractivity contribution in [1.82, 2.24) is 0 Å². The zero-order valence-corrected chi connectivity index (χ0v) is 15.3. The number of hydrogen-bond acceptors (Lipinski definition) is 2. The van der Waals surface area contributed by atoms with Crippen molar-refractivity contribution in [1.29, 1.82) is 0 Å². The Morgan fingerprint density at radius 1 is 0.800 bits per heavy atom. The molecule has 2 aromatic rings. The molecule has 0 bridgehead atoms. The van der Waals surface area contributed by atoms with E-state index in [1.807, 2.05) is 0 Å². The van der Waals surface area contributed by atoms with Gasteiger partial charge in [0, 0.05) is 0 Å². The van der Waals surface area contributed by atoms with Gasteiger partial charge in [-0.2, -0.15) is 0 Å². The van der Waals surface area contributed by atoms with Crippen molar-refractivity contribution in [3.8, 4) is 0 Å². The van der Waals surface area contributed by atoms with E-state index < -0.39 is 32.0 Å². The molecule has 0 saturated carbocycles. The highest BCUT2D eigenvalue weighted by atomic mass is 32.2. The molecule has 2 rings (SSSR count). The van der Waals surface area contributed by atoms with Crippen LogP contribution in [0.25, 0.3) is 0 Å². The maximum Gasteiger partial charge on any atom is 0.194 e. The summed E-state index contributed by atoms with van der Waals surface area (Å²) in [4.78, 5) is 0. The van der Waals surface area contributed by atoms with Gasteiger partial charge in [0.1, 0.15) is 0 Å². The molecule has 0 N–H and O–H groups in total. The lowest BCUT2D eigenvalue weighted by molar-refractivity contribution is 0.441. The zero-order chi connectivity index (χ0) is 18.8. The maximum absolute atomic E-state index is 13.6. The first kappa shape index (κ1) is 19.5. The normalized spacial score (nSPS) is 12.4. The average Bonchev–Trinajstić information content (AvgIpc) is 2.52. The second-order valence-electron chi connectivity index (χ2n) is 7.02. The number of hydrogen-bond donors (Lipinski definition) is 0. The highest BCUT2D eigenvalue weighted by molar-refractivity contribution is 7.91. The minimum atomic E-state index is -3.26. The van der Waals surface area contributed by atoms with Gasteiger partial charge in [0.25, 0.3) is 0 Å². The Hall–Kier alpha value is -1.82. The molecule has 0 atom stereocenters. The third kappa shape index (κ3) is 4.63. The van der Waals surface area contributed by atoms with Crippen molar-refractivity contribution in [3.05, 3.63) is 70.5 Å². The number of aryl methyl sites for hydroxylation is 2. The molecular weight excluding hydrogens is 349 g/mol. The van der Waals surface area contributed by atoms with Crippen LogP contribution < -0.4 is 0 Å². The van der Waals surface area contributed by atoms with Crippen LogP contribution in [-0.4, -0.2) is 13.2 Å². The predicted octanol–water partition coefficient (Wildman–Crippen LogP) is 4.60. The van der Waals surface area contributed by atoms with Crippen LogP contribution in [0.2, 0.25) is 0 Å². The first-order valence-corrected chi connectivity index (χ1v) is 9.59. The van der Waals surface area contributed by atoms with Crippen LogP contribution in [0, 0.1) is 17.5 Å². The lowest BCUT2D eigenvalue weighted by atomic mass is 10.0. The van der Waals surface area contributed by atoms with Gasteiger partial charge in [0.2, 0.25) is 0 Å². The predicted molar refractivity (Wildman–Crippen MR) is 92.5 cm³/mol. The van der Waals surface area contributed by atoms with Crippen LogP contribution >= 0.6 is 0 Å². The highest BCUT2D eigenvalue weighted by Gasteiger charge is 2.28. The highest BCUT2D eigenvalue weighted by Crippen LogP contribution is 2.21. The molecule has 2 aromatic carbocycles. The maximum atomic E-state index is 13.6. The largest absolute Gasteiger partial charge is 0.228 e. The summed E-state index contributed by atoms with van der Waals surface area (Å²) in [7, 11) is -3.26. The van der Waals surface area contributed by atoms with E-state index >= 15 is 0 Å². The molecule has 0 heterocycles. The van der Waals surface area contributed by atoms with Gasteiger partial charge in [-0.3, -0.25) is 0 Å². The molecule has 136 valence electrons. The molecule has 2 nitrogen and oxygen atoms in total. The Morgan fingerprint density at radius 3 is 1.92 bits per heavy atom. The summed E-state index contributed by atoms with van der Waals surface area (Å²) >= 11 is 0. The van der Waals surface area contributed by atoms with Crippen molar-refractivity contribution >= 4 is 9.84 Å². The standard InChI is InChI=1S/C19H21F3O2S/c1-19(2,3)25(23,24)12-14-6-4-13(5-7-14)8-9-15-10-11-16(20)18(22)17(15)21/h4-7,10-11H,8-9,12H2,1-3H3. The van der Waals surface area contributed by atoms with Crippen LogP contribution in [0.4, 0.5) is 13.2 Å². The topological polar surface area (TPSA) is 34.1 Å². The van der Waals surface area contributed by atoms with Gasteiger partial charge < -0.3 is 0 Å². The minimum absolute atomic E-state index is 0.0470. The quantitative estimate of drug-likeness (QED) is 0.721. The van der Waals surface area contributed by atoms with E-state index in [0.717, 1.165) is 11.6 Å². The minimum Gasteiger partial charge on any atom is -0.228 e. The molecule has 0 spiro atoms. The van der Waals surface area contributed by atoms with Gasteiger partial charge in [0.05, 0.1) is 10.5 Å². The van der Waals surface area contributed by atoms with Crippen LogP contribution in [0.5, 0.6) is 0 Å². The summed E-state index contributed by atoms with van der Waals surface area (Å²) < 4.78 is 63.4. The molecule has 0 fully saturated rings. The average molecular weight is 370 g/mol. The third-order valence-corrected chi connectivity index (χ3v) is 6.69. The Labute approximate surface area is 146 Å². The summed E-state index contributed by atoms with van der Waals surface area (Å²) in [6.07, 6.45) is 0.664. The van der Waals surface area contributed by atoms with Crippen molar-refractivity contribution in [2.24, 2.45) is 0 Å². The van der Waals surface area contributed by atoms with Gasteiger partial charge in [-0.15, -0.1) is 0 Å². The van der Waals surface area contributed by atoms with Crippen LogP contribution in [0.3, 0.4) is 0 Å². The summed E-state index contributed by atoms with van der Waals surface area (Å²) in [5, 5.41) is 0. The SMILES string of the molecule is CC(C)(C)S(=O)(=O)Cc1ccc(CCc2ccc(F)c(F)c2F)cc1. The summed E-state index contributed by atoms with van der Waals surface area (Å²) in [6.45, 7) is 4.98. The first-order chi connectivity index (χ1) is 11.5. The number of benzene rings is 2.